The van der Waals surface area contributed by atoms with Crippen LogP contribution in [0.15, 0.2) is 0 Å². The van der Waals surface area contributed by atoms with E-state index >= 15 is 0 Å². The minimum Gasteiger partial charge on any atom is -0.388 e. The Hall–Kier alpha value is -0.570. The molecule has 1 aliphatic rings. The summed E-state index contributed by atoms with van der Waals surface area (Å²) in [5.74, 6) is 1.23. The summed E-state index contributed by atoms with van der Waals surface area (Å²) in [6, 6.07) is 0.725. The van der Waals surface area contributed by atoms with E-state index in [-0.39, 0.29) is 0 Å². The quantitative estimate of drug-likeness (QED) is 0.541. The summed E-state index contributed by atoms with van der Waals surface area (Å²) in [5, 5.41) is 7.23. The maximum absolute atomic E-state index is 7.23. The van der Waals surface area contributed by atoms with Gasteiger partial charge in [-0.25, -0.2) is 0 Å². The lowest BCUT2D eigenvalue weighted by molar-refractivity contribution is 0.159. The molecule has 1 rings (SSSR count). The van der Waals surface area contributed by atoms with Gasteiger partial charge in [-0.2, -0.15) is 0 Å². The van der Waals surface area contributed by atoms with Gasteiger partial charge < -0.3 is 10.6 Å². The minimum absolute atomic E-state index is 0.310. The summed E-state index contributed by atoms with van der Waals surface area (Å²) in [6.45, 7) is 3.24. The molecule has 0 amide bonds. The second-order valence-electron chi connectivity index (χ2n) is 4.85. The molecule has 0 aromatic carbocycles. The molecular formula is C12H25N3. The fourth-order valence-electron chi connectivity index (χ4n) is 2.51. The molecule has 0 radical (unpaired) electrons. The lowest BCUT2D eigenvalue weighted by Gasteiger charge is -2.35. The van der Waals surface area contributed by atoms with Crippen LogP contribution in [0.4, 0.5) is 0 Å². The van der Waals surface area contributed by atoms with Crippen molar-refractivity contribution in [3.63, 3.8) is 0 Å². The van der Waals surface area contributed by atoms with E-state index < -0.39 is 0 Å². The van der Waals surface area contributed by atoms with Gasteiger partial charge in [0.05, 0.1) is 5.84 Å². The van der Waals surface area contributed by atoms with E-state index in [4.69, 9.17) is 11.1 Å². The highest BCUT2D eigenvalue weighted by Gasteiger charge is 2.23. The molecule has 1 saturated carbocycles. The Balaban J connectivity index is 2.31. The van der Waals surface area contributed by atoms with Gasteiger partial charge in [0.2, 0.25) is 0 Å². The average Bonchev–Trinajstić information content (AvgIpc) is 2.26. The van der Waals surface area contributed by atoms with Gasteiger partial charge in [-0.1, -0.05) is 26.2 Å². The topological polar surface area (TPSA) is 53.1 Å². The summed E-state index contributed by atoms with van der Waals surface area (Å²) in [7, 11) is 2.17. The molecule has 0 bridgehead atoms. The van der Waals surface area contributed by atoms with E-state index in [0.717, 1.165) is 18.5 Å². The third-order valence-electron chi connectivity index (χ3n) is 3.69. The monoisotopic (exact) mass is 211 g/mol. The molecule has 3 heteroatoms. The maximum atomic E-state index is 7.23. The normalized spacial score (nSPS) is 26.9. The molecule has 1 aliphatic carbocycles. The van der Waals surface area contributed by atoms with E-state index in [1.54, 1.807) is 0 Å². The standard InChI is InChI=1S/C12H25N3/c1-3-10-5-4-6-11(9-10)15(2)8-7-12(13)14/h10-11H,3-9H2,1-2H3,(H3,13,14). The Labute approximate surface area is 93.5 Å². The zero-order valence-electron chi connectivity index (χ0n) is 10.1. The zero-order valence-corrected chi connectivity index (χ0v) is 10.1. The number of rotatable bonds is 5. The largest absolute Gasteiger partial charge is 0.388 e. The van der Waals surface area contributed by atoms with E-state index in [0.29, 0.717) is 12.3 Å². The van der Waals surface area contributed by atoms with Gasteiger partial charge in [0.1, 0.15) is 0 Å². The summed E-state index contributed by atoms with van der Waals surface area (Å²) in [4.78, 5) is 2.39. The van der Waals surface area contributed by atoms with Crippen molar-refractivity contribution in [3.05, 3.63) is 0 Å². The maximum Gasteiger partial charge on any atom is 0.0918 e. The van der Waals surface area contributed by atoms with Gasteiger partial charge in [0.15, 0.2) is 0 Å². The third kappa shape index (κ3) is 4.20. The van der Waals surface area contributed by atoms with Crippen molar-refractivity contribution in [2.45, 2.75) is 51.5 Å². The Kier molecular flexibility index (Phi) is 5.09. The van der Waals surface area contributed by atoms with Crippen LogP contribution in [0.3, 0.4) is 0 Å². The number of nitrogens with one attached hydrogen (secondary N) is 1. The van der Waals surface area contributed by atoms with E-state index in [9.17, 15) is 0 Å². The number of hydrogen-bond acceptors (Lipinski definition) is 2. The van der Waals surface area contributed by atoms with Crippen LogP contribution in [0, 0.1) is 11.3 Å². The summed E-state index contributed by atoms with van der Waals surface area (Å²) >= 11 is 0. The minimum atomic E-state index is 0.310. The molecule has 88 valence electrons. The van der Waals surface area contributed by atoms with Crippen molar-refractivity contribution in [2.75, 3.05) is 13.6 Å². The molecule has 2 atom stereocenters. The predicted molar refractivity (Wildman–Crippen MR) is 65.2 cm³/mol. The summed E-state index contributed by atoms with van der Waals surface area (Å²) in [6.07, 6.45) is 7.47. The smallest absolute Gasteiger partial charge is 0.0918 e. The third-order valence-corrected chi connectivity index (χ3v) is 3.69. The summed E-state index contributed by atoms with van der Waals surface area (Å²) in [5.41, 5.74) is 5.38. The lowest BCUT2D eigenvalue weighted by atomic mass is 9.83. The van der Waals surface area contributed by atoms with Gasteiger partial charge in [-0.05, 0) is 25.8 Å². The molecule has 0 aliphatic heterocycles. The molecule has 2 unspecified atom stereocenters. The zero-order chi connectivity index (χ0) is 11.3. The lowest BCUT2D eigenvalue weighted by Crippen LogP contribution is -2.37. The molecule has 0 saturated heterocycles. The van der Waals surface area contributed by atoms with Gasteiger partial charge in [0, 0.05) is 19.0 Å². The molecule has 0 aromatic rings. The first-order valence-corrected chi connectivity index (χ1v) is 6.16. The van der Waals surface area contributed by atoms with Crippen LogP contribution in [-0.2, 0) is 0 Å². The van der Waals surface area contributed by atoms with Gasteiger partial charge in [-0.15, -0.1) is 0 Å². The van der Waals surface area contributed by atoms with E-state index in [2.05, 4.69) is 18.9 Å². The van der Waals surface area contributed by atoms with E-state index in [1.807, 2.05) is 0 Å². The van der Waals surface area contributed by atoms with E-state index in [1.165, 1.54) is 32.1 Å². The first kappa shape index (κ1) is 12.5. The Morgan fingerprint density at radius 1 is 1.47 bits per heavy atom. The van der Waals surface area contributed by atoms with Crippen molar-refractivity contribution in [3.8, 4) is 0 Å². The van der Waals surface area contributed by atoms with Crippen molar-refractivity contribution < 1.29 is 0 Å². The molecule has 3 N–H and O–H groups in total. The number of nitrogens with zero attached hydrogens (tertiary/aromatic N) is 1. The highest BCUT2D eigenvalue weighted by Crippen LogP contribution is 2.29. The summed E-state index contributed by atoms with van der Waals surface area (Å²) < 4.78 is 0. The van der Waals surface area contributed by atoms with Crippen molar-refractivity contribution in [1.29, 1.82) is 5.41 Å². The predicted octanol–water partition coefficient (Wildman–Crippen LogP) is 2.21. The Morgan fingerprint density at radius 2 is 2.20 bits per heavy atom. The van der Waals surface area contributed by atoms with Gasteiger partial charge in [-0.3, -0.25) is 5.41 Å². The fourth-order valence-corrected chi connectivity index (χ4v) is 2.51. The Bertz CT molecular complexity index is 203. The molecule has 3 nitrogen and oxygen atoms in total. The number of hydrogen-bond donors (Lipinski definition) is 2. The number of nitrogens with two attached hydrogens (primary N) is 1. The second kappa shape index (κ2) is 6.11. The fraction of sp³-hybridized carbons (Fsp3) is 0.917. The van der Waals surface area contributed by atoms with Crippen LogP contribution < -0.4 is 5.73 Å². The van der Waals surface area contributed by atoms with Crippen LogP contribution >= 0.6 is 0 Å². The second-order valence-corrected chi connectivity index (χ2v) is 4.85. The van der Waals surface area contributed by atoms with Gasteiger partial charge >= 0.3 is 0 Å². The molecular weight excluding hydrogens is 186 g/mol. The van der Waals surface area contributed by atoms with Crippen LogP contribution in [-0.4, -0.2) is 30.4 Å². The van der Waals surface area contributed by atoms with Crippen LogP contribution in [0.1, 0.15) is 45.4 Å². The number of amidine groups is 1. The molecule has 0 spiro atoms. The molecule has 1 fully saturated rings. The van der Waals surface area contributed by atoms with Crippen molar-refractivity contribution in [1.82, 2.24) is 4.90 Å². The molecule has 0 heterocycles. The Morgan fingerprint density at radius 3 is 2.80 bits per heavy atom. The van der Waals surface area contributed by atoms with Gasteiger partial charge in [0.25, 0.3) is 0 Å². The highest BCUT2D eigenvalue weighted by molar-refractivity contribution is 5.76. The average molecular weight is 211 g/mol. The van der Waals surface area contributed by atoms with Crippen molar-refractivity contribution >= 4 is 5.84 Å². The molecule has 0 aromatic heterocycles. The first-order valence-electron chi connectivity index (χ1n) is 6.16. The van der Waals surface area contributed by atoms with Crippen LogP contribution in [0.25, 0.3) is 0 Å². The van der Waals surface area contributed by atoms with Crippen molar-refractivity contribution in [2.24, 2.45) is 11.7 Å². The first-order chi connectivity index (χ1) is 7.13. The van der Waals surface area contributed by atoms with Crippen LogP contribution in [0.2, 0.25) is 0 Å². The highest BCUT2D eigenvalue weighted by atomic mass is 15.1. The SMILES string of the molecule is CCC1CCCC(N(C)CCC(=N)N)C1. The van der Waals surface area contributed by atoms with Crippen LogP contribution in [0.5, 0.6) is 0 Å². The molecule has 15 heavy (non-hydrogen) atoms.